The van der Waals surface area contributed by atoms with Crippen molar-refractivity contribution in [3.05, 3.63) is 0 Å². The number of hydrogen-bond donors (Lipinski definition) is 2. The van der Waals surface area contributed by atoms with Crippen molar-refractivity contribution in [3.63, 3.8) is 0 Å². The van der Waals surface area contributed by atoms with Gasteiger partial charge in [-0.15, -0.1) is 12.4 Å². The molecule has 0 radical (unpaired) electrons. The average Bonchev–Trinajstić information content (AvgIpc) is 1.84. The first-order chi connectivity index (χ1) is 3.72. The van der Waals surface area contributed by atoms with Crippen molar-refractivity contribution in [3.8, 4) is 0 Å². The number of rotatable bonds is 2. The highest BCUT2D eigenvalue weighted by atomic mass is 35.5. The van der Waals surface area contributed by atoms with Gasteiger partial charge in [0.25, 0.3) is 0 Å². The summed E-state index contributed by atoms with van der Waals surface area (Å²) in [5.74, 6) is -0.687. The van der Waals surface area contributed by atoms with E-state index in [1.165, 1.54) is 7.11 Å². The number of methoxy groups -OCH3 is 1. The van der Waals surface area contributed by atoms with Crippen molar-refractivity contribution < 1.29 is 14.6 Å². The molecule has 0 aromatic heterocycles. The smallest absolute Gasteiger partial charge is 0.336 e. The molecular weight excluding hydrogens is 146 g/mol. The highest BCUT2D eigenvalue weighted by molar-refractivity contribution is 5.85. The number of aliphatic hydroxyl groups excluding tert-OH is 1. The molecule has 0 heterocycles. The number of carbonyl (C=O) groups excluding carboxylic acids is 1. The maximum atomic E-state index is 10.2. The van der Waals surface area contributed by atoms with Crippen LogP contribution in [0.15, 0.2) is 0 Å². The summed E-state index contributed by atoms with van der Waals surface area (Å²) in [6.07, 6.45) is -1.17. The van der Waals surface area contributed by atoms with Crippen LogP contribution in [-0.2, 0) is 9.53 Å². The average molecular weight is 156 g/mol. The zero-order valence-electron chi connectivity index (χ0n) is 5.03. The molecule has 0 saturated heterocycles. The van der Waals surface area contributed by atoms with Crippen LogP contribution >= 0.6 is 12.4 Å². The molecule has 3 N–H and O–H groups in total. The van der Waals surface area contributed by atoms with Crippen LogP contribution in [0.3, 0.4) is 0 Å². The maximum Gasteiger partial charge on any atom is 0.336 e. The summed E-state index contributed by atoms with van der Waals surface area (Å²) in [6, 6.07) is 0. The standard InChI is InChI=1S/C4H9NO3.ClH/c1-8-4(7)3(6)2-5;/h3,6H,2,5H2,1H3;1H/t3-;/m0./s1. The van der Waals surface area contributed by atoms with Crippen molar-refractivity contribution in [2.45, 2.75) is 6.10 Å². The van der Waals surface area contributed by atoms with Crippen LogP contribution in [0.25, 0.3) is 0 Å². The lowest BCUT2D eigenvalue weighted by molar-refractivity contribution is -0.149. The second-order valence-electron chi connectivity index (χ2n) is 1.27. The fourth-order valence-electron chi connectivity index (χ4n) is 0.232. The lowest BCUT2D eigenvalue weighted by Crippen LogP contribution is -2.29. The van der Waals surface area contributed by atoms with Crippen LogP contribution in [0.4, 0.5) is 0 Å². The normalized spacial score (nSPS) is 11.4. The van der Waals surface area contributed by atoms with Crippen molar-refractivity contribution in [2.75, 3.05) is 13.7 Å². The molecule has 9 heavy (non-hydrogen) atoms. The van der Waals surface area contributed by atoms with E-state index in [-0.39, 0.29) is 19.0 Å². The molecule has 5 heteroatoms. The van der Waals surface area contributed by atoms with Crippen molar-refractivity contribution in [2.24, 2.45) is 5.73 Å². The molecule has 1 atom stereocenters. The molecule has 0 bridgehead atoms. The minimum atomic E-state index is -1.17. The molecule has 56 valence electrons. The Morgan fingerprint density at radius 3 is 2.44 bits per heavy atom. The number of aliphatic hydroxyl groups is 1. The van der Waals surface area contributed by atoms with E-state index < -0.39 is 12.1 Å². The second-order valence-corrected chi connectivity index (χ2v) is 1.27. The zero-order valence-corrected chi connectivity index (χ0v) is 5.85. The Morgan fingerprint density at radius 2 is 2.33 bits per heavy atom. The van der Waals surface area contributed by atoms with E-state index in [9.17, 15) is 4.79 Å². The van der Waals surface area contributed by atoms with Gasteiger partial charge in [0.05, 0.1) is 7.11 Å². The second kappa shape index (κ2) is 5.81. The molecule has 0 aromatic carbocycles. The topological polar surface area (TPSA) is 72.5 Å². The van der Waals surface area contributed by atoms with Gasteiger partial charge in [0, 0.05) is 6.54 Å². The van der Waals surface area contributed by atoms with Gasteiger partial charge >= 0.3 is 5.97 Å². The molecule has 4 nitrogen and oxygen atoms in total. The van der Waals surface area contributed by atoms with Gasteiger partial charge < -0.3 is 15.6 Å². The first-order valence-electron chi connectivity index (χ1n) is 2.18. The van der Waals surface area contributed by atoms with Gasteiger partial charge in [-0.25, -0.2) is 4.79 Å². The molecule has 0 rings (SSSR count). The third kappa shape index (κ3) is 4.20. The van der Waals surface area contributed by atoms with E-state index in [2.05, 4.69) is 4.74 Å². The predicted molar refractivity (Wildman–Crippen MR) is 34.3 cm³/mol. The monoisotopic (exact) mass is 155 g/mol. The Bertz CT molecular complexity index is 87.9. The van der Waals surface area contributed by atoms with Crippen LogP contribution in [0, 0.1) is 0 Å². The first-order valence-corrected chi connectivity index (χ1v) is 2.18. The number of halogens is 1. The van der Waals surface area contributed by atoms with Crippen LogP contribution < -0.4 is 5.73 Å². The number of esters is 1. The highest BCUT2D eigenvalue weighted by Crippen LogP contribution is 1.80. The maximum absolute atomic E-state index is 10.2. The van der Waals surface area contributed by atoms with Crippen LogP contribution in [0.5, 0.6) is 0 Å². The molecule has 0 aliphatic heterocycles. The summed E-state index contributed by atoms with van der Waals surface area (Å²) in [4.78, 5) is 10.2. The molecule has 0 aliphatic rings. The first kappa shape index (κ1) is 11.5. The SMILES string of the molecule is COC(=O)[C@@H](O)CN.Cl. The number of hydrogen-bond acceptors (Lipinski definition) is 4. The fourth-order valence-corrected chi connectivity index (χ4v) is 0.232. The Balaban J connectivity index is 0. The van der Waals surface area contributed by atoms with Gasteiger partial charge in [-0.1, -0.05) is 0 Å². The fraction of sp³-hybridized carbons (Fsp3) is 0.750. The molecule has 0 saturated carbocycles. The summed E-state index contributed by atoms with van der Waals surface area (Å²) in [6.45, 7) is -0.0906. The van der Waals surface area contributed by atoms with Crippen LogP contribution in [-0.4, -0.2) is 30.8 Å². The Kier molecular flexibility index (Phi) is 7.41. The molecule has 0 fully saturated rings. The van der Waals surface area contributed by atoms with Crippen LogP contribution in [0.1, 0.15) is 0 Å². The van der Waals surface area contributed by atoms with Crippen molar-refractivity contribution in [1.29, 1.82) is 0 Å². The van der Waals surface area contributed by atoms with Gasteiger partial charge in [0.15, 0.2) is 6.10 Å². The Hall–Kier alpha value is -0.320. The van der Waals surface area contributed by atoms with Gasteiger partial charge in [-0.05, 0) is 0 Å². The number of carbonyl (C=O) groups is 1. The van der Waals surface area contributed by atoms with E-state index in [0.29, 0.717) is 0 Å². The van der Waals surface area contributed by atoms with E-state index in [1.54, 1.807) is 0 Å². The third-order valence-electron chi connectivity index (χ3n) is 0.697. The van der Waals surface area contributed by atoms with E-state index in [0.717, 1.165) is 0 Å². The largest absolute Gasteiger partial charge is 0.467 e. The third-order valence-corrected chi connectivity index (χ3v) is 0.697. The van der Waals surface area contributed by atoms with Crippen molar-refractivity contribution >= 4 is 18.4 Å². The minimum Gasteiger partial charge on any atom is -0.467 e. The molecule has 0 spiro atoms. The van der Waals surface area contributed by atoms with Gasteiger partial charge in [-0.2, -0.15) is 0 Å². The minimum absolute atomic E-state index is 0. The highest BCUT2D eigenvalue weighted by Gasteiger charge is 2.10. The van der Waals surface area contributed by atoms with Gasteiger partial charge in [0.1, 0.15) is 0 Å². The predicted octanol–water partition coefficient (Wildman–Crippen LogP) is -1.10. The summed E-state index contributed by atoms with van der Waals surface area (Å²) in [5.41, 5.74) is 4.90. The zero-order chi connectivity index (χ0) is 6.57. The number of nitrogens with two attached hydrogens (primary N) is 1. The van der Waals surface area contributed by atoms with E-state index in [1.807, 2.05) is 0 Å². The molecule has 0 unspecified atom stereocenters. The summed E-state index contributed by atoms with van der Waals surface area (Å²) < 4.78 is 4.13. The molecule has 0 amide bonds. The Labute approximate surface area is 59.4 Å². The molecular formula is C4H10ClNO3. The summed E-state index contributed by atoms with van der Waals surface area (Å²) in [7, 11) is 1.20. The lowest BCUT2D eigenvalue weighted by atomic mass is 10.4. The quantitative estimate of drug-likeness (QED) is 0.497. The summed E-state index contributed by atoms with van der Waals surface area (Å²) in [5, 5.41) is 8.53. The Morgan fingerprint density at radius 1 is 1.89 bits per heavy atom. The summed E-state index contributed by atoms with van der Waals surface area (Å²) >= 11 is 0. The molecule has 0 aromatic rings. The lowest BCUT2D eigenvalue weighted by Gasteiger charge is -2.02. The van der Waals surface area contributed by atoms with Crippen molar-refractivity contribution in [1.82, 2.24) is 0 Å². The number of ether oxygens (including phenoxy) is 1. The van der Waals surface area contributed by atoms with E-state index in [4.69, 9.17) is 10.8 Å². The van der Waals surface area contributed by atoms with Gasteiger partial charge in [-0.3, -0.25) is 0 Å². The van der Waals surface area contributed by atoms with Crippen LogP contribution in [0.2, 0.25) is 0 Å². The molecule has 0 aliphatic carbocycles. The van der Waals surface area contributed by atoms with Gasteiger partial charge in [0.2, 0.25) is 0 Å². The van der Waals surface area contributed by atoms with E-state index >= 15 is 0 Å².